The third kappa shape index (κ3) is 4.64. The summed E-state index contributed by atoms with van der Waals surface area (Å²) >= 11 is 3.34. The van der Waals surface area contributed by atoms with Gasteiger partial charge in [0.1, 0.15) is 5.82 Å². The largest absolute Gasteiger partial charge is 0.453 e. The van der Waals surface area contributed by atoms with E-state index in [1.165, 1.54) is 12.1 Å². The first kappa shape index (κ1) is 13.7. The van der Waals surface area contributed by atoms with Crippen LogP contribution in [0.25, 0.3) is 0 Å². The number of rotatable bonds is 5. The number of hydrogen-bond donors (Lipinski definition) is 0. The standard InChI is InChI=1S/C11H15BBrFO2/c1-8(2)16-12(3)15-7-9-6-10(14)4-5-11(9)13/h4-6,8H,7H2,1-3H3. The lowest BCUT2D eigenvalue weighted by atomic mass is 9.94. The second kappa shape index (κ2) is 6.37. The van der Waals surface area contributed by atoms with Gasteiger partial charge in [-0.25, -0.2) is 4.39 Å². The van der Waals surface area contributed by atoms with E-state index in [-0.39, 0.29) is 19.0 Å². The molecule has 0 saturated carbocycles. The summed E-state index contributed by atoms with van der Waals surface area (Å²) in [5, 5.41) is 0. The lowest BCUT2D eigenvalue weighted by molar-refractivity contribution is 0.156. The number of hydrogen-bond acceptors (Lipinski definition) is 2. The average Bonchev–Trinajstić information content (AvgIpc) is 2.18. The summed E-state index contributed by atoms with van der Waals surface area (Å²) < 4.78 is 24.7. The lowest BCUT2D eigenvalue weighted by Crippen LogP contribution is -2.22. The summed E-state index contributed by atoms with van der Waals surface area (Å²) in [6.07, 6.45) is 0.117. The van der Waals surface area contributed by atoms with Crippen LogP contribution in [0.3, 0.4) is 0 Å². The maximum atomic E-state index is 13.0. The zero-order valence-electron chi connectivity index (χ0n) is 9.67. The molecule has 0 bridgehead atoms. The molecular formula is C11H15BBrFO2. The Morgan fingerprint density at radius 1 is 1.44 bits per heavy atom. The van der Waals surface area contributed by atoms with Crippen molar-refractivity contribution in [2.24, 2.45) is 0 Å². The van der Waals surface area contributed by atoms with Crippen molar-refractivity contribution in [3.05, 3.63) is 34.1 Å². The van der Waals surface area contributed by atoms with E-state index in [0.29, 0.717) is 6.61 Å². The van der Waals surface area contributed by atoms with Gasteiger partial charge in [0, 0.05) is 10.6 Å². The Bertz CT molecular complexity index is 347. The normalized spacial score (nSPS) is 10.9. The Kier molecular flexibility index (Phi) is 5.45. The molecule has 0 aliphatic heterocycles. The molecule has 0 aromatic heterocycles. The highest BCUT2D eigenvalue weighted by Gasteiger charge is 2.13. The summed E-state index contributed by atoms with van der Waals surface area (Å²) in [7, 11) is -0.296. The maximum absolute atomic E-state index is 13.0. The first-order valence-corrected chi connectivity index (χ1v) is 5.99. The molecular weight excluding hydrogens is 274 g/mol. The van der Waals surface area contributed by atoms with Crippen molar-refractivity contribution in [1.82, 2.24) is 0 Å². The van der Waals surface area contributed by atoms with E-state index in [2.05, 4.69) is 15.9 Å². The van der Waals surface area contributed by atoms with Crippen LogP contribution in [-0.4, -0.2) is 13.2 Å². The third-order valence-electron chi connectivity index (χ3n) is 1.95. The molecule has 0 radical (unpaired) electrons. The van der Waals surface area contributed by atoms with Crippen LogP contribution < -0.4 is 0 Å². The second-order valence-electron chi connectivity index (χ2n) is 3.80. The highest BCUT2D eigenvalue weighted by molar-refractivity contribution is 9.10. The lowest BCUT2D eigenvalue weighted by Gasteiger charge is -2.14. The summed E-state index contributed by atoms with van der Waals surface area (Å²) in [6, 6.07) is 4.52. The average molecular weight is 289 g/mol. The van der Waals surface area contributed by atoms with E-state index in [9.17, 15) is 4.39 Å². The van der Waals surface area contributed by atoms with E-state index in [1.807, 2.05) is 20.7 Å². The minimum absolute atomic E-state index is 0.117. The molecule has 1 aromatic rings. The fourth-order valence-electron chi connectivity index (χ4n) is 1.28. The van der Waals surface area contributed by atoms with E-state index >= 15 is 0 Å². The molecule has 0 unspecified atom stereocenters. The van der Waals surface area contributed by atoms with Gasteiger partial charge in [-0.3, -0.25) is 0 Å². The molecule has 1 rings (SSSR count). The van der Waals surface area contributed by atoms with Crippen molar-refractivity contribution >= 4 is 23.0 Å². The molecule has 0 N–H and O–H groups in total. The maximum Gasteiger partial charge on any atom is 0.453 e. The molecule has 1 aromatic carbocycles. The Morgan fingerprint density at radius 3 is 2.75 bits per heavy atom. The topological polar surface area (TPSA) is 18.5 Å². The van der Waals surface area contributed by atoms with Crippen molar-refractivity contribution in [3.63, 3.8) is 0 Å². The molecule has 88 valence electrons. The quantitative estimate of drug-likeness (QED) is 0.770. The van der Waals surface area contributed by atoms with Gasteiger partial charge >= 0.3 is 7.12 Å². The van der Waals surface area contributed by atoms with E-state index < -0.39 is 0 Å². The molecule has 16 heavy (non-hydrogen) atoms. The van der Waals surface area contributed by atoms with E-state index in [1.54, 1.807) is 6.07 Å². The predicted molar refractivity (Wildman–Crippen MR) is 66.7 cm³/mol. The van der Waals surface area contributed by atoms with Gasteiger partial charge in [-0.2, -0.15) is 0 Å². The van der Waals surface area contributed by atoms with Gasteiger partial charge in [0.15, 0.2) is 0 Å². The highest BCUT2D eigenvalue weighted by Crippen LogP contribution is 2.19. The van der Waals surface area contributed by atoms with Crippen LogP contribution in [0, 0.1) is 5.82 Å². The molecule has 0 aliphatic rings. The molecule has 0 atom stereocenters. The molecule has 0 aliphatic carbocycles. The Balaban J connectivity index is 2.51. The summed E-state index contributed by atoms with van der Waals surface area (Å²) in [4.78, 5) is 0. The summed E-state index contributed by atoms with van der Waals surface area (Å²) in [6.45, 7) is 6.04. The number of halogens is 2. The molecule has 2 nitrogen and oxygen atoms in total. The smallest absolute Gasteiger partial charge is 0.409 e. The SMILES string of the molecule is CB(OCc1cc(F)ccc1Br)OC(C)C. The van der Waals surface area contributed by atoms with Crippen LogP contribution in [0.4, 0.5) is 4.39 Å². The van der Waals surface area contributed by atoms with Crippen LogP contribution in [0.5, 0.6) is 0 Å². The molecule has 0 fully saturated rings. The van der Waals surface area contributed by atoms with Crippen LogP contribution in [0.1, 0.15) is 19.4 Å². The Hall–Kier alpha value is -0.385. The van der Waals surface area contributed by atoms with Gasteiger partial charge in [0.2, 0.25) is 0 Å². The first-order valence-electron chi connectivity index (χ1n) is 5.20. The fourth-order valence-corrected chi connectivity index (χ4v) is 1.64. The second-order valence-corrected chi connectivity index (χ2v) is 4.65. The van der Waals surface area contributed by atoms with Gasteiger partial charge in [-0.05, 0) is 44.4 Å². The van der Waals surface area contributed by atoms with Gasteiger partial charge < -0.3 is 9.31 Å². The third-order valence-corrected chi connectivity index (χ3v) is 2.72. The van der Waals surface area contributed by atoms with Crippen LogP contribution >= 0.6 is 15.9 Å². The minimum Gasteiger partial charge on any atom is -0.409 e. The van der Waals surface area contributed by atoms with Gasteiger partial charge in [0.25, 0.3) is 0 Å². The van der Waals surface area contributed by atoms with Crippen LogP contribution in [0.15, 0.2) is 22.7 Å². The van der Waals surface area contributed by atoms with E-state index in [0.717, 1.165) is 10.0 Å². The summed E-state index contributed by atoms with van der Waals surface area (Å²) in [5.41, 5.74) is 0.777. The van der Waals surface area contributed by atoms with Crippen molar-refractivity contribution in [1.29, 1.82) is 0 Å². The molecule has 0 amide bonds. The zero-order chi connectivity index (χ0) is 12.1. The Morgan fingerprint density at radius 2 is 2.12 bits per heavy atom. The highest BCUT2D eigenvalue weighted by atomic mass is 79.9. The zero-order valence-corrected chi connectivity index (χ0v) is 11.3. The monoisotopic (exact) mass is 288 g/mol. The van der Waals surface area contributed by atoms with Crippen LogP contribution in [0.2, 0.25) is 6.82 Å². The molecule has 5 heteroatoms. The van der Waals surface area contributed by atoms with Gasteiger partial charge in [-0.1, -0.05) is 15.9 Å². The summed E-state index contributed by atoms with van der Waals surface area (Å²) in [5.74, 6) is -0.265. The number of benzene rings is 1. The van der Waals surface area contributed by atoms with Crippen LogP contribution in [-0.2, 0) is 15.9 Å². The van der Waals surface area contributed by atoms with Gasteiger partial charge in [-0.15, -0.1) is 0 Å². The minimum atomic E-state index is -0.296. The first-order chi connectivity index (χ1) is 7.49. The fraction of sp³-hybridized carbons (Fsp3) is 0.455. The van der Waals surface area contributed by atoms with E-state index in [4.69, 9.17) is 9.31 Å². The molecule has 0 saturated heterocycles. The predicted octanol–water partition coefficient (Wildman–Crippen LogP) is 3.65. The molecule has 0 spiro atoms. The molecule has 0 heterocycles. The van der Waals surface area contributed by atoms with Crippen molar-refractivity contribution in [2.75, 3.05) is 0 Å². The Labute approximate surface area is 104 Å². The van der Waals surface area contributed by atoms with Crippen molar-refractivity contribution in [2.45, 2.75) is 33.4 Å². The van der Waals surface area contributed by atoms with Gasteiger partial charge in [0.05, 0.1) is 6.61 Å². The van der Waals surface area contributed by atoms with Crippen molar-refractivity contribution in [3.8, 4) is 0 Å². The van der Waals surface area contributed by atoms with Crippen molar-refractivity contribution < 1.29 is 13.7 Å².